The molecule has 18 heteroatoms. The van der Waals surface area contributed by atoms with Gasteiger partial charge >= 0.3 is 0 Å². The first kappa shape index (κ1) is 39.6. The molecule has 4 N–H and O–H groups in total. The Morgan fingerprint density at radius 3 is 2.21 bits per heavy atom. The highest BCUT2D eigenvalue weighted by Crippen LogP contribution is 2.49. The quantitative estimate of drug-likeness (QED) is 0.111. The SMILES string of the molecule is C#CCNC(=O)CCC[N+]1=c2cc3c(cc2C(CS(=O)(=O)O)CC1(C)C)=Nc1cc2c(cc1O3)N(CCCS(=O)(=O)O)C(C)(C)CC2CS(=O)(=O)O. The number of fused-ring (bicyclic) bond motifs is 4. The van der Waals surface area contributed by atoms with Gasteiger partial charge in [-0.2, -0.15) is 25.3 Å². The third-order valence-corrected chi connectivity index (χ3v) is 12.3. The van der Waals surface area contributed by atoms with Crippen LogP contribution < -0.4 is 30.2 Å². The monoisotopic (exact) mass is 781 g/mol. The number of anilines is 1. The number of rotatable bonds is 13. The molecule has 3 heterocycles. The number of nitrogens with zero attached hydrogens (tertiary/aromatic N) is 3. The summed E-state index contributed by atoms with van der Waals surface area (Å²) in [6.45, 7) is 8.43. The van der Waals surface area contributed by atoms with Gasteiger partial charge in [-0.1, -0.05) is 5.92 Å². The number of ether oxygens (including phenoxy) is 1. The Morgan fingerprint density at radius 1 is 0.942 bits per heavy atom. The number of carbonyl (C=O) groups excluding carboxylic acids is 1. The molecule has 0 aliphatic carbocycles. The number of terminal acetylenes is 1. The summed E-state index contributed by atoms with van der Waals surface area (Å²) in [5.74, 6) is 0.0680. The van der Waals surface area contributed by atoms with Gasteiger partial charge in [-0.05, 0) is 58.2 Å². The summed E-state index contributed by atoms with van der Waals surface area (Å²) < 4.78 is 109. The molecule has 0 bridgehead atoms. The Kier molecular flexibility index (Phi) is 10.9. The number of nitrogens with one attached hydrogen (secondary N) is 1. The summed E-state index contributed by atoms with van der Waals surface area (Å²) in [7, 11) is -13.0. The minimum Gasteiger partial charge on any atom is -0.452 e. The van der Waals surface area contributed by atoms with E-state index in [1.807, 2.05) is 32.6 Å². The Bertz CT molecular complexity index is 2280. The second-order valence-electron chi connectivity index (χ2n) is 14.9. The molecule has 2 aromatic rings. The van der Waals surface area contributed by atoms with E-state index in [2.05, 4.69) is 15.8 Å². The third-order valence-electron chi connectivity index (χ3n) is 9.87. The lowest BCUT2D eigenvalue weighted by atomic mass is 9.79. The summed E-state index contributed by atoms with van der Waals surface area (Å²) >= 11 is 0. The van der Waals surface area contributed by atoms with E-state index in [0.29, 0.717) is 70.5 Å². The van der Waals surface area contributed by atoms with Crippen LogP contribution in [-0.2, 0) is 35.1 Å². The van der Waals surface area contributed by atoms with Crippen molar-refractivity contribution in [1.82, 2.24) is 9.89 Å². The van der Waals surface area contributed by atoms with Crippen molar-refractivity contribution >= 4 is 47.6 Å². The highest BCUT2D eigenvalue weighted by Gasteiger charge is 2.43. The van der Waals surface area contributed by atoms with Crippen LogP contribution in [0.4, 0.5) is 11.4 Å². The lowest BCUT2D eigenvalue weighted by molar-refractivity contribution is -0.120. The van der Waals surface area contributed by atoms with Gasteiger partial charge in [-0.15, -0.1) is 6.42 Å². The highest BCUT2D eigenvalue weighted by atomic mass is 32.2. The molecule has 52 heavy (non-hydrogen) atoms. The number of hydrogen-bond acceptors (Lipinski definition) is 10. The zero-order chi connectivity index (χ0) is 38.4. The largest absolute Gasteiger partial charge is 0.452 e. The predicted octanol–water partition coefficient (Wildman–Crippen LogP) is 2.16. The average molecular weight is 782 g/mol. The molecule has 3 aliphatic rings. The van der Waals surface area contributed by atoms with E-state index in [0.717, 1.165) is 0 Å². The first-order valence-electron chi connectivity index (χ1n) is 16.8. The fraction of sp³-hybridized carbons (Fsp3) is 0.559. The molecular weight excluding hydrogens is 737 g/mol. The molecular formula is C34H45N4O11S3+. The molecule has 0 fully saturated rings. The van der Waals surface area contributed by atoms with Gasteiger partial charge in [-0.3, -0.25) is 18.5 Å². The van der Waals surface area contributed by atoms with Crippen molar-refractivity contribution in [2.75, 3.05) is 41.8 Å². The van der Waals surface area contributed by atoms with Crippen LogP contribution >= 0.6 is 0 Å². The molecule has 0 radical (unpaired) electrons. The van der Waals surface area contributed by atoms with Crippen LogP contribution in [0.5, 0.6) is 11.5 Å². The van der Waals surface area contributed by atoms with Crippen LogP contribution in [0.15, 0.2) is 29.3 Å². The fourth-order valence-corrected chi connectivity index (χ4v) is 9.95. The maximum absolute atomic E-state index is 12.3. The van der Waals surface area contributed by atoms with E-state index in [4.69, 9.17) is 16.2 Å². The van der Waals surface area contributed by atoms with Gasteiger partial charge in [-0.25, -0.2) is 9.57 Å². The third kappa shape index (κ3) is 9.30. The smallest absolute Gasteiger partial charge is 0.265 e. The van der Waals surface area contributed by atoms with E-state index in [9.17, 15) is 43.7 Å². The van der Waals surface area contributed by atoms with Gasteiger partial charge in [0.1, 0.15) is 17.6 Å². The van der Waals surface area contributed by atoms with Gasteiger partial charge in [0.05, 0.1) is 29.9 Å². The molecule has 2 unspecified atom stereocenters. The molecule has 1 amide bonds. The number of amides is 1. The maximum atomic E-state index is 12.3. The first-order valence-corrected chi connectivity index (χ1v) is 21.7. The van der Waals surface area contributed by atoms with Crippen LogP contribution in [0, 0.1) is 12.3 Å². The van der Waals surface area contributed by atoms with Crippen molar-refractivity contribution in [1.29, 1.82) is 0 Å². The van der Waals surface area contributed by atoms with Crippen LogP contribution in [-0.4, -0.2) is 92.8 Å². The predicted molar refractivity (Wildman–Crippen MR) is 195 cm³/mol. The van der Waals surface area contributed by atoms with Crippen LogP contribution in [0.1, 0.15) is 82.8 Å². The molecule has 5 rings (SSSR count). The first-order chi connectivity index (χ1) is 24.0. The van der Waals surface area contributed by atoms with Crippen molar-refractivity contribution in [3.63, 3.8) is 0 Å². The maximum Gasteiger partial charge on any atom is 0.265 e. The van der Waals surface area contributed by atoms with Crippen molar-refractivity contribution in [2.45, 2.75) is 82.7 Å². The van der Waals surface area contributed by atoms with Crippen LogP contribution in [0.25, 0.3) is 0 Å². The summed E-state index contributed by atoms with van der Waals surface area (Å²) in [6.07, 6.45) is 6.68. The molecule has 0 aromatic heterocycles. The zero-order valence-electron chi connectivity index (χ0n) is 29.5. The van der Waals surface area contributed by atoms with Crippen molar-refractivity contribution < 1.29 is 48.4 Å². The van der Waals surface area contributed by atoms with Crippen molar-refractivity contribution in [3.05, 3.63) is 46.1 Å². The van der Waals surface area contributed by atoms with E-state index in [1.165, 1.54) is 0 Å². The Hall–Kier alpha value is -3.60. The normalized spacial score (nSPS) is 20.3. The minimum absolute atomic E-state index is 0.0872. The molecule has 284 valence electrons. The molecule has 15 nitrogen and oxygen atoms in total. The second kappa shape index (κ2) is 14.3. The van der Waals surface area contributed by atoms with E-state index >= 15 is 0 Å². The Morgan fingerprint density at radius 2 is 1.60 bits per heavy atom. The van der Waals surface area contributed by atoms with E-state index in [-0.39, 0.29) is 31.8 Å². The van der Waals surface area contributed by atoms with Crippen LogP contribution in [0.3, 0.4) is 0 Å². The van der Waals surface area contributed by atoms with Gasteiger partial charge in [0, 0.05) is 60.5 Å². The number of benzene rings is 2. The summed E-state index contributed by atoms with van der Waals surface area (Å²) in [5.41, 5.74) is 0.822. The number of carbonyl (C=O) groups is 1. The van der Waals surface area contributed by atoms with Crippen molar-refractivity contribution in [2.24, 2.45) is 4.99 Å². The average Bonchev–Trinajstić information content (AvgIpc) is 2.98. The zero-order valence-corrected chi connectivity index (χ0v) is 31.9. The second-order valence-corrected chi connectivity index (χ2v) is 19.5. The van der Waals surface area contributed by atoms with Gasteiger partial charge in [0.15, 0.2) is 17.0 Å². The topological polar surface area (TPSA) is 220 Å². The fourth-order valence-electron chi connectivity index (χ4n) is 7.85. The summed E-state index contributed by atoms with van der Waals surface area (Å²) in [5, 5.41) is 3.69. The highest BCUT2D eigenvalue weighted by molar-refractivity contribution is 7.86. The van der Waals surface area contributed by atoms with Crippen LogP contribution in [0.2, 0.25) is 0 Å². The minimum atomic E-state index is -4.40. The molecule has 0 spiro atoms. The Balaban J connectivity index is 1.65. The molecule has 0 saturated heterocycles. The summed E-state index contributed by atoms with van der Waals surface area (Å²) in [6, 6.07) is 6.89. The lowest BCUT2D eigenvalue weighted by Crippen LogP contribution is -2.54. The van der Waals surface area contributed by atoms with Crippen molar-refractivity contribution in [3.8, 4) is 23.8 Å². The molecule has 0 saturated carbocycles. The van der Waals surface area contributed by atoms with E-state index < -0.39 is 70.5 Å². The van der Waals surface area contributed by atoms with E-state index in [1.54, 1.807) is 24.3 Å². The summed E-state index contributed by atoms with van der Waals surface area (Å²) in [4.78, 5) is 19.1. The van der Waals surface area contributed by atoms with Gasteiger partial charge < -0.3 is 15.0 Å². The van der Waals surface area contributed by atoms with Gasteiger partial charge in [0.25, 0.3) is 30.4 Å². The standard InChI is InChI=1S/C34H44N4O11S3/c1-6-10-35-32(39)9-7-11-37-28-16-30-26(14-24(28)22(18-33(37,2)3)20-51(43,44)45)36-27-15-25-23(21-52(46,47)48)19-34(4,5)38(12-8-13-50(40,41)42)29(25)17-31(27)49-30/h1,14-17,22-23H,7-13,18-21H2,2-5H3,(H3-,35,39,40,41,42,43,44,45,46,47,48)/p+1. The molecule has 3 aliphatic heterocycles. The lowest BCUT2D eigenvalue weighted by Gasteiger charge is -2.48. The Labute approximate surface area is 304 Å². The molecule has 2 atom stereocenters. The number of hydrogen-bond donors (Lipinski definition) is 4. The van der Waals surface area contributed by atoms with Gasteiger partial charge in [0.2, 0.25) is 11.3 Å². The molecule has 2 aromatic carbocycles.